The van der Waals surface area contributed by atoms with Crippen molar-refractivity contribution >= 4 is 5.78 Å². The SMILES string of the molecule is CO[C@@]1(C)CC[C@H]2[C@@H]3CCC4=CC(=O)CC[C@@H]4[C@H]3CC[C@@]21C(C)C. The number of allylic oxidation sites excluding steroid dienone is 1. The van der Waals surface area contributed by atoms with Crippen LogP contribution in [-0.4, -0.2) is 18.5 Å². The van der Waals surface area contributed by atoms with E-state index in [4.69, 9.17) is 4.74 Å². The molecule has 4 aliphatic rings. The van der Waals surface area contributed by atoms with Crippen molar-refractivity contribution in [2.45, 2.75) is 77.7 Å². The molecule has 0 N–H and O–H groups in total. The molecule has 0 radical (unpaired) electrons. The maximum Gasteiger partial charge on any atom is 0.155 e. The highest BCUT2D eigenvalue weighted by Gasteiger charge is 2.64. The molecule has 6 atom stereocenters. The Morgan fingerprint density at radius 2 is 1.88 bits per heavy atom. The Kier molecular flexibility index (Phi) is 3.99. The fourth-order valence-electron chi connectivity index (χ4n) is 7.76. The van der Waals surface area contributed by atoms with Crippen LogP contribution in [0.25, 0.3) is 0 Å². The zero-order valence-corrected chi connectivity index (χ0v) is 15.9. The van der Waals surface area contributed by atoms with Gasteiger partial charge in [0.2, 0.25) is 0 Å². The number of rotatable bonds is 2. The summed E-state index contributed by atoms with van der Waals surface area (Å²) in [5.74, 6) is 4.27. The lowest BCUT2D eigenvalue weighted by atomic mass is 9.47. The van der Waals surface area contributed by atoms with E-state index in [1.165, 1.54) is 44.1 Å². The van der Waals surface area contributed by atoms with Crippen LogP contribution < -0.4 is 0 Å². The summed E-state index contributed by atoms with van der Waals surface area (Å²) in [6, 6.07) is 0. The van der Waals surface area contributed by atoms with E-state index >= 15 is 0 Å². The Labute approximate surface area is 147 Å². The molecule has 4 aliphatic carbocycles. The van der Waals surface area contributed by atoms with Gasteiger partial charge in [0.1, 0.15) is 0 Å². The topological polar surface area (TPSA) is 26.3 Å². The van der Waals surface area contributed by atoms with Crippen molar-refractivity contribution < 1.29 is 9.53 Å². The Hall–Kier alpha value is -0.630. The number of ketones is 1. The average Bonchev–Trinajstić information content (AvgIpc) is 2.89. The van der Waals surface area contributed by atoms with Gasteiger partial charge in [-0.05, 0) is 87.5 Å². The summed E-state index contributed by atoms with van der Waals surface area (Å²) in [6.45, 7) is 7.26. The minimum Gasteiger partial charge on any atom is -0.378 e. The Balaban J connectivity index is 1.68. The highest BCUT2D eigenvalue weighted by atomic mass is 16.5. The fourth-order valence-corrected chi connectivity index (χ4v) is 7.76. The summed E-state index contributed by atoms with van der Waals surface area (Å²) >= 11 is 0. The van der Waals surface area contributed by atoms with E-state index in [1.807, 2.05) is 13.2 Å². The van der Waals surface area contributed by atoms with Crippen molar-refractivity contribution in [2.24, 2.45) is 35.0 Å². The molecule has 0 aromatic rings. The largest absolute Gasteiger partial charge is 0.378 e. The van der Waals surface area contributed by atoms with E-state index in [9.17, 15) is 4.79 Å². The van der Waals surface area contributed by atoms with E-state index in [-0.39, 0.29) is 5.60 Å². The molecule has 0 aromatic heterocycles. The van der Waals surface area contributed by atoms with Gasteiger partial charge in [-0.15, -0.1) is 0 Å². The molecular weight excluding hydrogens is 296 g/mol. The van der Waals surface area contributed by atoms with E-state index in [0.717, 1.165) is 30.6 Å². The Morgan fingerprint density at radius 1 is 1.08 bits per heavy atom. The van der Waals surface area contributed by atoms with Gasteiger partial charge >= 0.3 is 0 Å². The van der Waals surface area contributed by atoms with Gasteiger partial charge in [-0.1, -0.05) is 19.4 Å². The van der Waals surface area contributed by atoms with Crippen LogP contribution in [0.1, 0.15) is 72.1 Å². The molecule has 0 amide bonds. The van der Waals surface area contributed by atoms with Gasteiger partial charge in [0.05, 0.1) is 5.60 Å². The third-order valence-corrected chi connectivity index (χ3v) is 8.83. The molecule has 0 unspecified atom stereocenters. The molecule has 2 heteroatoms. The number of fused-ring (bicyclic) bond motifs is 5. The van der Waals surface area contributed by atoms with Crippen LogP contribution >= 0.6 is 0 Å². The van der Waals surface area contributed by atoms with Gasteiger partial charge in [-0.25, -0.2) is 0 Å². The van der Waals surface area contributed by atoms with Gasteiger partial charge in [0.25, 0.3) is 0 Å². The quantitative estimate of drug-likeness (QED) is 0.698. The third kappa shape index (κ3) is 2.08. The van der Waals surface area contributed by atoms with Crippen molar-refractivity contribution in [2.75, 3.05) is 7.11 Å². The van der Waals surface area contributed by atoms with Gasteiger partial charge in [0, 0.05) is 18.9 Å². The third-order valence-electron chi connectivity index (χ3n) is 8.83. The van der Waals surface area contributed by atoms with Crippen LogP contribution in [0.4, 0.5) is 0 Å². The van der Waals surface area contributed by atoms with Crippen molar-refractivity contribution in [3.05, 3.63) is 11.6 Å². The smallest absolute Gasteiger partial charge is 0.155 e. The van der Waals surface area contributed by atoms with Crippen molar-refractivity contribution in [3.63, 3.8) is 0 Å². The second-order valence-electron chi connectivity index (χ2n) is 9.51. The highest BCUT2D eigenvalue weighted by molar-refractivity contribution is 5.91. The Bertz CT molecular complexity index is 562. The van der Waals surface area contributed by atoms with E-state index in [0.29, 0.717) is 23.0 Å². The molecule has 24 heavy (non-hydrogen) atoms. The van der Waals surface area contributed by atoms with Crippen molar-refractivity contribution in [1.29, 1.82) is 0 Å². The molecule has 134 valence electrons. The molecule has 3 fully saturated rings. The van der Waals surface area contributed by atoms with Crippen LogP contribution in [0.5, 0.6) is 0 Å². The summed E-state index contributed by atoms with van der Waals surface area (Å²) in [5.41, 5.74) is 1.90. The first-order valence-corrected chi connectivity index (χ1v) is 10.2. The number of carbonyl (C=O) groups is 1. The van der Waals surface area contributed by atoms with E-state index < -0.39 is 0 Å². The normalized spacial score (nSPS) is 47.9. The molecular formula is C22H34O2. The van der Waals surface area contributed by atoms with Gasteiger partial charge in [-0.2, -0.15) is 0 Å². The molecule has 0 bridgehead atoms. The average molecular weight is 331 g/mol. The number of ether oxygens (including phenoxy) is 1. The monoisotopic (exact) mass is 330 g/mol. The van der Waals surface area contributed by atoms with Gasteiger partial charge in [0.15, 0.2) is 5.78 Å². The summed E-state index contributed by atoms with van der Waals surface area (Å²) in [4.78, 5) is 11.8. The molecule has 0 heterocycles. The number of methoxy groups -OCH3 is 1. The van der Waals surface area contributed by atoms with Crippen LogP contribution in [0.3, 0.4) is 0 Å². The van der Waals surface area contributed by atoms with Crippen LogP contribution in [0, 0.1) is 35.0 Å². The maximum absolute atomic E-state index is 11.8. The molecule has 4 rings (SSSR count). The van der Waals surface area contributed by atoms with Gasteiger partial charge < -0.3 is 4.74 Å². The summed E-state index contributed by atoms with van der Waals surface area (Å²) in [7, 11) is 1.94. The second-order valence-corrected chi connectivity index (χ2v) is 9.51. The lowest BCUT2D eigenvalue weighted by Crippen LogP contribution is -2.56. The minimum atomic E-state index is 0.0510. The Morgan fingerprint density at radius 3 is 2.58 bits per heavy atom. The lowest BCUT2D eigenvalue weighted by Gasteiger charge is -2.59. The predicted molar refractivity (Wildman–Crippen MR) is 96.7 cm³/mol. The van der Waals surface area contributed by atoms with E-state index in [2.05, 4.69) is 20.8 Å². The van der Waals surface area contributed by atoms with E-state index in [1.54, 1.807) is 0 Å². The minimum absolute atomic E-state index is 0.0510. The van der Waals surface area contributed by atoms with Crippen molar-refractivity contribution in [1.82, 2.24) is 0 Å². The van der Waals surface area contributed by atoms with Crippen LogP contribution in [0.2, 0.25) is 0 Å². The number of hydrogen-bond acceptors (Lipinski definition) is 2. The maximum atomic E-state index is 11.8. The number of carbonyl (C=O) groups excluding carboxylic acids is 1. The summed E-state index contributed by atoms with van der Waals surface area (Å²) in [5, 5.41) is 0. The molecule has 3 saturated carbocycles. The molecule has 0 saturated heterocycles. The van der Waals surface area contributed by atoms with Crippen LogP contribution in [0.15, 0.2) is 11.6 Å². The van der Waals surface area contributed by atoms with Crippen LogP contribution in [-0.2, 0) is 9.53 Å². The molecule has 0 aliphatic heterocycles. The first-order chi connectivity index (χ1) is 11.4. The molecule has 0 aromatic carbocycles. The standard InChI is InChI=1S/C22H34O2/c1-14(2)22-12-9-18-17-8-6-16(23)13-15(17)5-7-19(18)20(22)10-11-21(22,3)24-4/h13-14,17-20H,5-12H2,1-4H3/t17-,18+,19+,20-,21-,22+/m0/s1. The zero-order valence-electron chi connectivity index (χ0n) is 15.9. The summed E-state index contributed by atoms with van der Waals surface area (Å²) in [6.07, 6.45) is 11.6. The summed E-state index contributed by atoms with van der Waals surface area (Å²) < 4.78 is 6.18. The zero-order chi connectivity index (χ0) is 17.1. The highest BCUT2D eigenvalue weighted by Crippen LogP contribution is 2.68. The van der Waals surface area contributed by atoms with Crippen molar-refractivity contribution in [3.8, 4) is 0 Å². The first kappa shape index (κ1) is 16.8. The first-order valence-electron chi connectivity index (χ1n) is 10.2. The lowest BCUT2D eigenvalue weighted by molar-refractivity contribution is -0.159. The predicted octanol–water partition coefficient (Wildman–Crippen LogP) is 5.17. The molecule has 0 spiro atoms. The van der Waals surface area contributed by atoms with Gasteiger partial charge in [-0.3, -0.25) is 4.79 Å². The molecule has 2 nitrogen and oxygen atoms in total. The second kappa shape index (κ2) is 5.69. The fraction of sp³-hybridized carbons (Fsp3) is 0.864. The number of hydrogen-bond donors (Lipinski definition) is 0.